The molecule has 0 aromatic heterocycles. The van der Waals surface area contributed by atoms with E-state index in [1.807, 2.05) is 30.3 Å². The van der Waals surface area contributed by atoms with Crippen molar-refractivity contribution in [3.05, 3.63) is 71.8 Å². The Morgan fingerprint density at radius 1 is 0.933 bits per heavy atom. The van der Waals surface area contributed by atoms with Gasteiger partial charge in [-0.15, -0.1) is 0 Å². The van der Waals surface area contributed by atoms with Gasteiger partial charge >= 0.3 is 17.9 Å². The van der Waals surface area contributed by atoms with Crippen LogP contribution in [0, 0.1) is 11.8 Å². The lowest BCUT2D eigenvalue weighted by Crippen LogP contribution is -2.40. The van der Waals surface area contributed by atoms with E-state index in [2.05, 4.69) is 0 Å². The molecule has 2 aromatic carbocycles. The number of carbonyl (C=O) groups excluding carboxylic acids is 2. The van der Waals surface area contributed by atoms with E-state index in [9.17, 15) is 19.5 Å². The molecule has 0 radical (unpaired) electrons. The van der Waals surface area contributed by atoms with Gasteiger partial charge in [0, 0.05) is 5.56 Å². The van der Waals surface area contributed by atoms with Crippen LogP contribution in [0.1, 0.15) is 30.1 Å². The Hall–Kier alpha value is -3.19. The predicted molar refractivity (Wildman–Crippen MR) is 104 cm³/mol. The van der Waals surface area contributed by atoms with Gasteiger partial charge in [-0.05, 0) is 18.4 Å². The molecular weight excluding hydrogens is 388 g/mol. The molecule has 2 aromatic rings. The van der Waals surface area contributed by atoms with Crippen molar-refractivity contribution in [1.82, 2.24) is 0 Å². The molecule has 2 aliphatic heterocycles. The van der Waals surface area contributed by atoms with Crippen LogP contribution in [0.2, 0.25) is 0 Å². The Labute approximate surface area is 173 Å². The lowest BCUT2D eigenvalue weighted by molar-refractivity contribution is -0.175. The van der Waals surface area contributed by atoms with Crippen molar-refractivity contribution in [1.29, 1.82) is 0 Å². The zero-order chi connectivity index (χ0) is 21.1. The maximum atomic E-state index is 12.9. The molecule has 0 amide bonds. The molecule has 2 aliphatic rings. The predicted octanol–water partition coefficient (Wildman–Crippen LogP) is 2.89. The molecule has 4 rings (SSSR count). The molecule has 0 saturated carbocycles. The number of benzene rings is 2. The fourth-order valence-electron chi connectivity index (χ4n) is 4.17. The van der Waals surface area contributed by atoms with Gasteiger partial charge < -0.3 is 19.3 Å². The summed E-state index contributed by atoms with van der Waals surface area (Å²) < 4.78 is 16.6. The highest BCUT2D eigenvalue weighted by Crippen LogP contribution is 2.44. The van der Waals surface area contributed by atoms with Gasteiger partial charge in [-0.25, -0.2) is 4.79 Å². The van der Waals surface area contributed by atoms with Crippen LogP contribution in [0.5, 0.6) is 0 Å². The first-order valence-corrected chi connectivity index (χ1v) is 9.89. The summed E-state index contributed by atoms with van der Waals surface area (Å²) in [5, 5.41) is 9.55. The van der Waals surface area contributed by atoms with E-state index >= 15 is 0 Å². The molecule has 0 unspecified atom stereocenters. The van der Waals surface area contributed by atoms with Crippen LogP contribution in [0.3, 0.4) is 0 Å². The molecule has 1 N–H and O–H groups in total. The normalized spacial score (nSPS) is 25.5. The van der Waals surface area contributed by atoms with E-state index in [-0.39, 0.29) is 6.61 Å². The number of carbonyl (C=O) groups is 3. The molecule has 2 fully saturated rings. The van der Waals surface area contributed by atoms with Crippen LogP contribution >= 0.6 is 0 Å². The lowest BCUT2D eigenvalue weighted by atomic mass is 9.79. The third kappa shape index (κ3) is 4.07. The molecule has 7 nitrogen and oxygen atoms in total. The second-order valence-electron chi connectivity index (χ2n) is 7.50. The molecule has 2 bridgehead atoms. The van der Waals surface area contributed by atoms with E-state index in [4.69, 9.17) is 14.2 Å². The molecule has 30 heavy (non-hydrogen) atoms. The third-order valence-electron chi connectivity index (χ3n) is 5.60. The van der Waals surface area contributed by atoms with Crippen LogP contribution in [0.15, 0.2) is 60.7 Å². The van der Waals surface area contributed by atoms with Crippen molar-refractivity contribution in [3.63, 3.8) is 0 Å². The van der Waals surface area contributed by atoms with E-state index in [0.29, 0.717) is 18.4 Å². The summed E-state index contributed by atoms with van der Waals surface area (Å²) in [5.74, 6) is -4.45. The van der Waals surface area contributed by atoms with Crippen LogP contribution < -0.4 is 0 Å². The van der Waals surface area contributed by atoms with Crippen molar-refractivity contribution >= 4 is 17.9 Å². The minimum absolute atomic E-state index is 0.0372. The minimum atomic E-state index is -1.28. The molecular formula is C23H22O7. The third-order valence-corrected chi connectivity index (χ3v) is 5.60. The van der Waals surface area contributed by atoms with E-state index in [0.717, 1.165) is 5.56 Å². The van der Waals surface area contributed by atoms with Gasteiger partial charge in [0.2, 0.25) is 6.10 Å². The number of fused-ring (bicyclic) bond motifs is 2. The van der Waals surface area contributed by atoms with Gasteiger partial charge in [0.25, 0.3) is 0 Å². The summed E-state index contributed by atoms with van der Waals surface area (Å²) in [6.45, 7) is 0.0372. The highest BCUT2D eigenvalue weighted by molar-refractivity contribution is 5.86. The van der Waals surface area contributed by atoms with Crippen molar-refractivity contribution in [3.8, 4) is 0 Å². The Bertz CT molecular complexity index is 912. The minimum Gasteiger partial charge on any atom is -0.481 e. The largest absolute Gasteiger partial charge is 0.481 e. The average molecular weight is 410 g/mol. The lowest BCUT2D eigenvalue weighted by Gasteiger charge is -2.25. The number of rotatable bonds is 7. The molecule has 0 spiro atoms. The van der Waals surface area contributed by atoms with Gasteiger partial charge in [0.1, 0.15) is 6.61 Å². The van der Waals surface area contributed by atoms with Crippen LogP contribution in [-0.4, -0.2) is 35.2 Å². The first kappa shape index (κ1) is 20.1. The fourth-order valence-corrected chi connectivity index (χ4v) is 4.17. The number of hydrogen-bond donors (Lipinski definition) is 1. The molecule has 7 heteroatoms. The number of esters is 2. The first-order chi connectivity index (χ1) is 14.5. The average Bonchev–Trinajstić information content (AvgIpc) is 3.39. The van der Waals surface area contributed by atoms with E-state index in [1.165, 1.54) is 0 Å². The summed E-state index contributed by atoms with van der Waals surface area (Å²) in [6.07, 6.45) is -1.07. The highest BCUT2D eigenvalue weighted by Gasteiger charge is 2.56. The second kappa shape index (κ2) is 8.67. The number of carboxylic acid groups (broad SMARTS) is 1. The molecule has 5 atom stereocenters. The number of carboxylic acids is 1. The topological polar surface area (TPSA) is 99.1 Å². The standard InChI is InChI=1S/C23H22O7/c24-21(25)18-16-11-12-17(29-16)19(18)22(26)30-20(15-9-5-2-6-10-15)23(27)28-13-14-7-3-1-4-8-14/h1-10,16-20H,11-13H2,(H,24,25)/t16-,17+,18-,19+,20-/m1/s1. The van der Waals surface area contributed by atoms with E-state index in [1.54, 1.807) is 30.3 Å². The summed E-state index contributed by atoms with van der Waals surface area (Å²) in [5.41, 5.74) is 1.26. The Kier molecular flexibility index (Phi) is 5.81. The molecule has 156 valence electrons. The van der Waals surface area contributed by atoms with Crippen LogP contribution in [0.4, 0.5) is 0 Å². The van der Waals surface area contributed by atoms with Crippen molar-refractivity contribution < 1.29 is 33.7 Å². The summed E-state index contributed by atoms with van der Waals surface area (Å²) in [6, 6.07) is 17.7. The fraction of sp³-hybridized carbons (Fsp3) is 0.348. The van der Waals surface area contributed by atoms with Crippen molar-refractivity contribution in [2.24, 2.45) is 11.8 Å². The Morgan fingerprint density at radius 2 is 1.53 bits per heavy atom. The van der Waals surface area contributed by atoms with Crippen molar-refractivity contribution in [2.45, 2.75) is 37.8 Å². The van der Waals surface area contributed by atoms with E-state index < -0.39 is 48.1 Å². The first-order valence-electron chi connectivity index (χ1n) is 9.89. The van der Waals surface area contributed by atoms with Gasteiger partial charge in [-0.1, -0.05) is 60.7 Å². The maximum absolute atomic E-state index is 12.9. The van der Waals surface area contributed by atoms with Crippen molar-refractivity contribution in [2.75, 3.05) is 0 Å². The smallest absolute Gasteiger partial charge is 0.352 e. The number of ether oxygens (including phenoxy) is 3. The molecule has 2 saturated heterocycles. The SMILES string of the molecule is O=C(O[C@@H](C(=O)OCc1ccccc1)c1ccccc1)[C@@H]1[C@H](C(=O)O)[C@H]2CC[C@@H]1O2. The second-order valence-corrected chi connectivity index (χ2v) is 7.50. The molecule has 0 aliphatic carbocycles. The maximum Gasteiger partial charge on any atom is 0.352 e. The Morgan fingerprint density at radius 3 is 2.17 bits per heavy atom. The quantitative estimate of drug-likeness (QED) is 0.701. The van der Waals surface area contributed by atoms with Gasteiger partial charge in [-0.2, -0.15) is 0 Å². The van der Waals surface area contributed by atoms with Crippen LogP contribution in [0.25, 0.3) is 0 Å². The van der Waals surface area contributed by atoms with Crippen LogP contribution in [-0.2, 0) is 35.2 Å². The summed E-state index contributed by atoms with van der Waals surface area (Å²) in [4.78, 5) is 37.4. The van der Waals surface area contributed by atoms with Gasteiger partial charge in [0.05, 0.1) is 24.0 Å². The monoisotopic (exact) mass is 410 g/mol. The zero-order valence-electron chi connectivity index (χ0n) is 16.2. The zero-order valence-corrected chi connectivity index (χ0v) is 16.2. The number of hydrogen-bond acceptors (Lipinski definition) is 6. The van der Waals surface area contributed by atoms with Gasteiger partial charge in [-0.3, -0.25) is 9.59 Å². The highest BCUT2D eigenvalue weighted by atomic mass is 16.6. The molecule has 2 heterocycles. The Balaban J connectivity index is 1.51. The number of aliphatic carboxylic acids is 1. The van der Waals surface area contributed by atoms with Gasteiger partial charge in [0.15, 0.2) is 0 Å². The summed E-state index contributed by atoms with van der Waals surface area (Å²) >= 11 is 0. The summed E-state index contributed by atoms with van der Waals surface area (Å²) in [7, 11) is 0.